The largest absolute Gasteiger partial charge is 0.312 e. The molecule has 2 unspecified atom stereocenters. The molecule has 19 heavy (non-hydrogen) atoms. The van der Waals surface area contributed by atoms with Crippen LogP contribution in [0, 0.1) is 28.6 Å². The maximum absolute atomic E-state index is 9.27. The van der Waals surface area contributed by atoms with Crippen molar-refractivity contribution in [3.8, 4) is 6.07 Å². The summed E-state index contributed by atoms with van der Waals surface area (Å²) in [5.74, 6) is 1.05. The van der Waals surface area contributed by atoms with E-state index in [1.165, 1.54) is 51.4 Å². The first kappa shape index (κ1) is 14.9. The number of hydrogen-bond donors (Lipinski definition) is 1. The van der Waals surface area contributed by atoms with E-state index in [0.29, 0.717) is 11.5 Å². The summed E-state index contributed by atoms with van der Waals surface area (Å²) >= 11 is 0. The molecule has 0 bridgehead atoms. The van der Waals surface area contributed by atoms with Gasteiger partial charge in [-0.3, -0.25) is 0 Å². The number of nitrogens with one attached hydrogen (secondary N) is 1. The molecule has 0 aromatic heterocycles. The molecule has 0 aromatic carbocycles. The van der Waals surface area contributed by atoms with Crippen molar-refractivity contribution in [1.82, 2.24) is 5.32 Å². The minimum atomic E-state index is 0.256. The summed E-state index contributed by atoms with van der Waals surface area (Å²) in [6, 6.07) is 2.98. The highest BCUT2D eigenvalue weighted by Crippen LogP contribution is 2.43. The lowest BCUT2D eigenvalue weighted by Crippen LogP contribution is -2.44. The zero-order valence-electron chi connectivity index (χ0n) is 12.8. The van der Waals surface area contributed by atoms with Gasteiger partial charge in [-0.1, -0.05) is 39.5 Å². The van der Waals surface area contributed by atoms with Gasteiger partial charge in [0, 0.05) is 12.6 Å². The molecular formula is C17H30N2. The van der Waals surface area contributed by atoms with Crippen molar-refractivity contribution < 1.29 is 0 Å². The number of nitriles is 1. The fourth-order valence-electron chi connectivity index (χ4n) is 4.32. The third-order valence-electron chi connectivity index (χ3n) is 5.18. The average Bonchev–Trinajstić information content (AvgIpc) is 2.85. The monoisotopic (exact) mass is 262 g/mol. The third-order valence-corrected chi connectivity index (χ3v) is 5.18. The van der Waals surface area contributed by atoms with Crippen LogP contribution in [-0.4, -0.2) is 12.6 Å². The van der Waals surface area contributed by atoms with Crippen LogP contribution < -0.4 is 5.32 Å². The molecule has 2 fully saturated rings. The maximum atomic E-state index is 9.27. The van der Waals surface area contributed by atoms with E-state index in [2.05, 4.69) is 25.2 Å². The van der Waals surface area contributed by atoms with E-state index in [9.17, 15) is 5.26 Å². The smallest absolute Gasteiger partial charge is 0.0672 e. The molecule has 2 heteroatoms. The van der Waals surface area contributed by atoms with Crippen LogP contribution in [0.3, 0.4) is 0 Å². The number of nitrogens with zero attached hydrogens (tertiary/aromatic N) is 1. The summed E-state index contributed by atoms with van der Waals surface area (Å²) in [6.07, 6.45) is 11.8. The van der Waals surface area contributed by atoms with Crippen molar-refractivity contribution in [2.75, 3.05) is 6.54 Å². The summed E-state index contributed by atoms with van der Waals surface area (Å²) in [5.41, 5.74) is 0.533. The van der Waals surface area contributed by atoms with Crippen LogP contribution >= 0.6 is 0 Å². The minimum absolute atomic E-state index is 0.256. The van der Waals surface area contributed by atoms with Crippen molar-refractivity contribution in [3.63, 3.8) is 0 Å². The Morgan fingerprint density at radius 3 is 2.47 bits per heavy atom. The van der Waals surface area contributed by atoms with Gasteiger partial charge in [0.1, 0.15) is 0 Å². The van der Waals surface area contributed by atoms with Gasteiger partial charge >= 0.3 is 0 Å². The van der Waals surface area contributed by atoms with Crippen molar-refractivity contribution in [2.24, 2.45) is 17.3 Å². The molecule has 2 aliphatic rings. The number of rotatable bonds is 5. The average molecular weight is 262 g/mol. The Hall–Kier alpha value is -0.550. The van der Waals surface area contributed by atoms with E-state index < -0.39 is 0 Å². The first-order valence-electron chi connectivity index (χ1n) is 8.28. The summed E-state index contributed by atoms with van der Waals surface area (Å²) in [4.78, 5) is 0. The lowest BCUT2D eigenvalue weighted by Gasteiger charge is -2.35. The van der Waals surface area contributed by atoms with Crippen LogP contribution in [0.15, 0.2) is 0 Å². The zero-order valence-corrected chi connectivity index (χ0v) is 12.8. The van der Waals surface area contributed by atoms with Gasteiger partial charge in [-0.2, -0.15) is 5.26 Å². The topological polar surface area (TPSA) is 35.8 Å². The van der Waals surface area contributed by atoms with Gasteiger partial charge in [0.2, 0.25) is 0 Å². The molecule has 0 amide bonds. The Bertz CT molecular complexity index is 310. The molecule has 1 N–H and O–H groups in total. The maximum Gasteiger partial charge on any atom is 0.0672 e. The summed E-state index contributed by atoms with van der Waals surface area (Å²) in [7, 11) is 0. The highest BCUT2D eigenvalue weighted by Gasteiger charge is 2.35. The molecule has 0 aromatic rings. The molecule has 0 saturated heterocycles. The van der Waals surface area contributed by atoms with Gasteiger partial charge in [-0.15, -0.1) is 0 Å². The second kappa shape index (κ2) is 6.75. The SMILES string of the molecule is CC(C)CC1(CNC2CCCCC2C#N)CCCC1. The molecule has 2 atom stereocenters. The predicted molar refractivity (Wildman–Crippen MR) is 79.7 cm³/mol. The van der Waals surface area contributed by atoms with Gasteiger partial charge in [0.15, 0.2) is 0 Å². The van der Waals surface area contributed by atoms with Gasteiger partial charge in [0.25, 0.3) is 0 Å². The lowest BCUT2D eigenvalue weighted by molar-refractivity contribution is 0.196. The van der Waals surface area contributed by atoms with E-state index in [1.807, 2.05) is 0 Å². The summed E-state index contributed by atoms with van der Waals surface area (Å²) < 4.78 is 0. The Balaban J connectivity index is 1.89. The minimum Gasteiger partial charge on any atom is -0.312 e. The lowest BCUT2D eigenvalue weighted by atomic mass is 9.77. The van der Waals surface area contributed by atoms with Crippen LogP contribution in [-0.2, 0) is 0 Å². The van der Waals surface area contributed by atoms with Crippen LogP contribution in [0.2, 0.25) is 0 Å². The summed E-state index contributed by atoms with van der Waals surface area (Å²) in [6.45, 7) is 5.84. The van der Waals surface area contributed by atoms with E-state index in [0.717, 1.165) is 18.9 Å². The van der Waals surface area contributed by atoms with E-state index >= 15 is 0 Å². The zero-order chi connectivity index (χ0) is 13.7. The molecule has 108 valence electrons. The van der Waals surface area contributed by atoms with Crippen molar-refractivity contribution in [2.45, 2.75) is 77.7 Å². The van der Waals surface area contributed by atoms with Crippen LogP contribution in [0.5, 0.6) is 0 Å². The fourth-order valence-corrected chi connectivity index (χ4v) is 4.32. The highest BCUT2D eigenvalue weighted by molar-refractivity contribution is 4.96. The fraction of sp³-hybridized carbons (Fsp3) is 0.941. The Morgan fingerprint density at radius 1 is 1.16 bits per heavy atom. The molecule has 0 radical (unpaired) electrons. The van der Waals surface area contributed by atoms with Gasteiger partial charge in [-0.05, 0) is 43.4 Å². The van der Waals surface area contributed by atoms with Gasteiger partial charge in [0.05, 0.1) is 12.0 Å². The highest BCUT2D eigenvalue weighted by atomic mass is 14.9. The van der Waals surface area contributed by atoms with Gasteiger partial charge < -0.3 is 5.32 Å². The van der Waals surface area contributed by atoms with Crippen molar-refractivity contribution in [3.05, 3.63) is 0 Å². The first-order chi connectivity index (χ1) is 9.15. The van der Waals surface area contributed by atoms with E-state index in [-0.39, 0.29) is 5.92 Å². The Labute approximate surface area is 119 Å². The molecule has 0 spiro atoms. The van der Waals surface area contributed by atoms with Crippen molar-refractivity contribution in [1.29, 1.82) is 5.26 Å². The molecule has 2 saturated carbocycles. The Morgan fingerprint density at radius 2 is 1.84 bits per heavy atom. The van der Waals surface area contributed by atoms with Crippen LogP contribution in [0.1, 0.15) is 71.6 Å². The normalized spacial score (nSPS) is 30.4. The molecule has 0 heterocycles. The number of hydrogen-bond acceptors (Lipinski definition) is 2. The van der Waals surface area contributed by atoms with E-state index in [4.69, 9.17) is 0 Å². The molecule has 2 rings (SSSR count). The van der Waals surface area contributed by atoms with E-state index in [1.54, 1.807) is 0 Å². The van der Waals surface area contributed by atoms with Crippen LogP contribution in [0.4, 0.5) is 0 Å². The molecule has 2 nitrogen and oxygen atoms in total. The predicted octanol–water partition coefficient (Wildman–Crippen LogP) is 4.26. The standard InChI is InChI=1S/C17H30N2/c1-14(2)11-17(9-5-6-10-17)13-19-16-8-4-3-7-15(16)12-18/h14-16,19H,3-11,13H2,1-2H3. The quantitative estimate of drug-likeness (QED) is 0.803. The third kappa shape index (κ3) is 3.96. The second-order valence-electron chi connectivity index (χ2n) is 7.31. The summed E-state index contributed by atoms with van der Waals surface area (Å²) in [5, 5.41) is 13.1. The Kier molecular flexibility index (Phi) is 5.28. The molecular weight excluding hydrogens is 232 g/mol. The molecule has 0 aliphatic heterocycles. The van der Waals surface area contributed by atoms with Crippen LogP contribution in [0.25, 0.3) is 0 Å². The van der Waals surface area contributed by atoms with Gasteiger partial charge in [-0.25, -0.2) is 0 Å². The second-order valence-corrected chi connectivity index (χ2v) is 7.31. The van der Waals surface area contributed by atoms with Crippen molar-refractivity contribution >= 4 is 0 Å². The molecule has 2 aliphatic carbocycles. The first-order valence-corrected chi connectivity index (χ1v) is 8.28.